The number of hydrogen-bond acceptors (Lipinski definition) is 1. The molecule has 0 bridgehead atoms. The third-order valence-electron chi connectivity index (χ3n) is 4.18. The van der Waals surface area contributed by atoms with Crippen LogP contribution in [-0.4, -0.2) is 0 Å². The van der Waals surface area contributed by atoms with Crippen LogP contribution in [0, 0.1) is 0 Å². The van der Waals surface area contributed by atoms with Crippen LogP contribution in [0.25, 0.3) is 38.1 Å². The maximum atomic E-state index is 8.58. The molecule has 4 rings (SSSR count). The summed E-state index contributed by atoms with van der Waals surface area (Å²) in [6.07, 6.45) is 4.48. The Kier molecular flexibility index (Phi) is 2.41. The largest absolute Gasteiger partial charge is 0.0893 e. The molecule has 0 radical (unpaired) electrons. The molecule has 0 heterocycles. The quantitative estimate of drug-likeness (QED) is 0.375. The van der Waals surface area contributed by atoms with E-state index in [2.05, 4.69) is 52.5 Å². The number of nitrogens with zero attached hydrogens (tertiary/aromatic N) is 3. The number of benzene rings is 3. The van der Waals surface area contributed by atoms with E-state index in [0.29, 0.717) is 6.54 Å². The van der Waals surface area contributed by atoms with Crippen molar-refractivity contribution in [3.05, 3.63) is 63.2 Å². The Balaban J connectivity index is 2.23. The molecule has 0 atom stereocenters. The smallest absolute Gasteiger partial charge is 0.0517 e. The maximum absolute atomic E-state index is 8.58. The van der Waals surface area contributed by atoms with E-state index in [1.165, 1.54) is 32.3 Å². The first kappa shape index (κ1) is 11.3. The van der Waals surface area contributed by atoms with E-state index in [-0.39, 0.29) is 0 Å². The zero-order chi connectivity index (χ0) is 13.5. The van der Waals surface area contributed by atoms with Gasteiger partial charge in [-0.2, -0.15) is 0 Å². The van der Waals surface area contributed by atoms with Gasteiger partial charge in [0.1, 0.15) is 0 Å². The molecule has 0 spiro atoms. The van der Waals surface area contributed by atoms with Crippen LogP contribution in [-0.2, 0) is 13.0 Å². The van der Waals surface area contributed by atoms with Crippen LogP contribution in [0.3, 0.4) is 0 Å². The molecule has 1 aliphatic carbocycles. The van der Waals surface area contributed by atoms with Gasteiger partial charge >= 0.3 is 0 Å². The predicted molar refractivity (Wildman–Crippen MR) is 82.3 cm³/mol. The lowest BCUT2D eigenvalue weighted by molar-refractivity contribution is 1.01. The molecule has 20 heavy (non-hydrogen) atoms. The molecule has 96 valence electrons. The molecule has 0 saturated carbocycles. The summed E-state index contributed by atoms with van der Waals surface area (Å²) >= 11 is 0. The van der Waals surface area contributed by atoms with Gasteiger partial charge in [0, 0.05) is 4.91 Å². The van der Waals surface area contributed by atoms with E-state index in [9.17, 15) is 0 Å². The summed E-state index contributed by atoms with van der Waals surface area (Å²) < 4.78 is 0. The highest BCUT2D eigenvalue weighted by Crippen LogP contribution is 2.32. The monoisotopic (exact) mass is 259 g/mol. The molecule has 0 amide bonds. The molecule has 0 aliphatic heterocycles. The highest BCUT2D eigenvalue weighted by Gasteiger charge is 2.13. The molecule has 3 aromatic rings. The highest BCUT2D eigenvalue weighted by molar-refractivity contribution is 6.13. The van der Waals surface area contributed by atoms with Gasteiger partial charge in [-0.1, -0.05) is 47.6 Å². The van der Waals surface area contributed by atoms with Gasteiger partial charge < -0.3 is 0 Å². The molecular formula is C17H13N3. The van der Waals surface area contributed by atoms with Crippen molar-refractivity contribution in [2.45, 2.75) is 19.4 Å². The number of azide groups is 1. The maximum Gasteiger partial charge on any atom is 0.0517 e. The second kappa shape index (κ2) is 4.26. The van der Waals surface area contributed by atoms with E-state index < -0.39 is 0 Å². The van der Waals surface area contributed by atoms with Gasteiger partial charge in [0.05, 0.1) is 6.54 Å². The fraction of sp³-hybridized carbons (Fsp3) is 0.176. The van der Waals surface area contributed by atoms with Gasteiger partial charge in [-0.25, -0.2) is 0 Å². The van der Waals surface area contributed by atoms with Crippen LogP contribution in [0.4, 0.5) is 0 Å². The van der Waals surface area contributed by atoms with Gasteiger partial charge in [-0.15, -0.1) is 0 Å². The Bertz CT molecular complexity index is 934. The average molecular weight is 259 g/mol. The van der Waals surface area contributed by atoms with Gasteiger partial charge in [-0.3, -0.25) is 0 Å². The van der Waals surface area contributed by atoms with Crippen LogP contribution in [0.5, 0.6) is 0 Å². The second-order valence-electron chi connectivity index (χ2n) is 5.26. The summed E-state index contributed by atoms with van der Waals surface area (Å²) in [5, 5.41) is 10.3. The van der Waals surface area contributed by atoms with Crippen LogP contribution in [0.2, 0.25) is 0 Å². The van der Waals surface area contributed by atoms with Crippen molar-refractivity contribution in [1.82, 2.24) is 0 Å². The molecule has 0 N–H and O–H groups in total. The minimum Gasteiger partial charge on any atom is -0.0893 e. The molecule has 3 nitrogen and oxygen atoms in total. The minimum atomic E-state index is 0.423. The normalized spacial score (nSPS) is 13.2. The van der Waals surface area contributed by atoms with Crippen LogP contribution < -0.4 is 5.22 Å². The molecule has 1 aliphatic rings. The Labute approximate surface area is 116 Å². The number of aryl methyl sites for hydroxylation is 1. The highest BCUT2D eigenvalue weighted by atomic mass is 15.1. The lowest BCUT2D eigenvalue weighted by Gasteiger charge is -2.17. The van der Waals surface area contributed by atoms with Crippen LogP contribution in [0.15, 0.2) is 41.5 Å². The molecular weight excluding hydrogens is 246 g/mol. The lowest BCUT2D eigenvalue weighted by Crippen LogP contribution is -2.10. The first-order valence-corrected chi connectivity index (χ1v) is 6.85. The van der Waals surface area contributed by atoms with E-state index >= 15 is 0 Å². The first-order chi connectivity index (χ1) is 9.88. The summed E-state index contributed by atoms with van der Waals surface area (Å²) in [5.41, 5.74) is 11.1. The summed E-state index contributed by atoms with van der Waals surface area (Å²) in [6.45, 7) is 0.423. The number of hydrogen-bond donors (Lipinski definition) is 0. The third kappa shape index (κ3) is 1.50. The Morgan fingerprint density at radius 1 is 1.15 bits per heavy atom. The van der Waals surface area contributed by atoms with Gasteiger partial charge in [-0.05, 0) is 56.3 Å². The second-order valence-corrected chi connectivity index (χ2v) is 5.26. The summed E-state index contributed by atoms with van der Waals surface area (Å²) in [7, 11) is 0. The molecule has 0 aromatic heterocycles. The van der Waals surface area contributed by atoms with E-state index in [1.807, 2.05) is 0 Å². The fourth-order valence-corrected chi connectivity index (χ4v) is 3.36. The van der Waals surface area contributed by atoms with E-state index in [1.54, 1.807) is 0 Å². The van der Waals surface area contributed by atoms with Crippen molar-refractivity contribution in [2.24, 2.45) is 5.11 Å². The van der Waals surface area contributed by atoms with Crippen molar-refractivity contribution in [2.75, 3.05) is 0 Å². The van der Waals surface area contributed by atoms with E-state index in [4.69, 9.17) is 5.53 Å². The van der Waals surface area contributed by atoms with Crippen LogP contribution >= 0.6 is 0 Å². The standard InChI is InChI=1S/C17H13N3/c18-20-19-10-14-9-13-5-1-3-11-7-8-12-4-2-6-15(14)17(12)16(11)13/h2-4,6-9H,1,5,10H2. The Hall–Kier alpha value is -2.51. The summed E-state index contributed by atoms with van der Waals surface area (Å²) in [5.74, 6) is 0. The van der Waals surface area contributed by atoms with Gasteiger partial charge in [0.2, 0.25) is 0 Å². The van der Waals surface area contributed by atoms with Crippen molar-refractivity contribution in [3.63, 3.8) is 0 Å². The van der Waals surface area contributed by atoms with Crippen molar-refractivity contribution in [1.29, 1.82) is 0 Å². The zero-order valence-corrected chi connectivity index (χ0v) is 11.0. The molecule has 3 heteroatoms. The molecule has 0 saturated heterocycles. The SMILES string of the molecule is [N-]=[N+]=NCc1cc2c3c(ccc4cccc1c43)=CCC2. The van der Waals surface area contributed by atoms with Crippen molar-refractivity contribution < 1.29 is 0 Å². The zero-order valence-electron chi connectivity index (χ0n) is 11.0. The Morgan fingerprint density at radius 2 is 2.10 bits per heavy atom. The van der Waals surface area contributed by atoms with Crippen LogP contribution in [0.1, 0.15) is 17.5 Å². The molecule has 3 aromatic carbocycles. The lowest BCUT2D eigenvalue weighted by atomic mass is 9.87. The topological polar surface area (TPSA) is 48.8 Å². The summed E-state index contributed by atoms with van der Waals surface area (Å²) in [6, 6.07) is 13.0. The van der Waals surface area contributed by atoms with Gasteiger partial charge in [0.25, 0.3) is 0 Å². The third-order valence-corrected chi connectivity index (χ3v) is 4.18. The first-order valence-electron chi connectivity index (χ1n) is 6.85. The van der Waals surface area contributed by atoms with Gasteiger partial charge in [0.15, 0.2) is 0 Å². The number of rotatable bonds is 2. The van der Waals surface area contributed by atoms with Crippen molar-refractivity contribution in [3.8, 4) is 0 Å². The predicted octanol–water partition coefficient (Wildman–Crippen LogP) is 4.25. The Morgan fingerprint density at radius 3 is 3.00 bits per heavy atom. The molecule has 0 fully saturated rings. The fourth-order valence-electron chi connectivity index (χ4n) is 3.36. The summed E-state index contributed by atoms with van der Waals surface area (Å²) in [4.78, 5) is 2.90. The minimum absolute atomic E-state index is 0.423. The van der Waals surface area contributed by atoms with Crippen molar-refractivity contribution >= 4 is 27.6 Å². The molecule has 0 unspecified atom stereocenters. The average Bonchev–Trinajstić information content (AvgIpc) is 2.51. The van der Waals surface area contributed by atoms with E-state index in [0.717, 1.165) is 18.4 Å².